The number of rotatable bonds is 4. The standard InChI is InChI=1S/C19H15F3N4O3S/c1-25-16-14(17(28)26(2)18(25)29)9-12(10-23-16)24-15(27)8-5-11-3-6-13(7-4-11)30-19(20,21)22/h3-10H,1-2H3,(H,24,27)/b8-5+. The van der Waals surface area contributed by atoms with Gasteiger partial charge < -0.3 is 5.32 Å². The molecule has 0 unspecified atom stereocenters. The Morgan fingerprint density at radius 3 is 2.43 bits per heavy atom. The van der Waals surface area contributed by atoms with Crippen molar-refractivity contribution in [2.75, 3.05) is 5.32 Å². The molecule has 0 atom stereocenters. The topological polar surface area (TPSA) is 86.0 Å². The van der Waals surface area contributed by atoms with E-state index < -0.39 is 22.7 Å². The van der Waals surface area contributed by atoms with E-state index in [2.05, 4.69) is 10.3 Å². The first-order valence-electron chi connectivity index (χ1n) is 8.46. The minimum atomic E-state index is -4.36. The minimum absolute atomic E-state index is 0.0438. The maximum Gasteiger partial charge on any atom is 0.446 e. The summed E-state index contributed by atoms with van der Waals surface area (Å²) in [5.74, 6) is -0.522. The molecule has 1 N–H and O–H groups in total. The molecule has 7 nitrogen and oxygen atoms in total. The number of fused-ring (bicyclic) bond motifs is 1. The van der Waals surface area contributed by atoms with Crippen molar-refractivity contribution in [3.8, 4) is 0 Å². The van der Waals surface area contributed by atoms with Gasteiger partial charge in [0.05, 0.1) is 17.3 Å². The van der Waals surface area contributed by atoms with Crippen molar-refractivity contribution in [1.82, 2.24) is 14.1 Å². The van der Waals surface area contributed by atoms with Crippen LogP contribution in [0.15, 0.2) is 57.1 Å². The molecule has 1 aromatic carbocycles. The first-order valence-corrected chi connectivity index (χ1v) is 9.27. The van der Waals surface area contributed by atoms with E-state index in [0.717, 1.165) is 4.57 Å². The summed E-state index contributed by atoms with van der Waals surface area (Å²) in [6.45, 7) is 0. The van der Waals surface area contributed by atoms with E-state index in [1.54, 1.807) is 0 Å². The Hall–Kier alpha value is -3.34. The molecule has 2 aromatic heterocycles. The van der Waals surface area contributed by atoms with Crippen LogP contribution in [0.25, 0.3) is 17.1 Å². The Labute approximate surface area is 171 Å². The number of hydrogen-bond acceptors (Lipinski definition) is 5. The normalized spacial score (nSPS) is 11.9. The van der Waals surface area contributed by atoms with Crippen LogP contribution in [0.1, 0.15) is 5.56 Å². The molecule has 0 radical (unpaired) electrons. The predicted molar refractivity (Wildman–Crippen MR) is 108 cm³/mol. The number of hydrogen-bond donors (Lipinski definition) is 1. The van der Waals surface area contributed by atoms with Crippen LogP contribution >= 0.6 is 11.8 Å². The largest absolute Gasteiger partial charge is 0.446 e. The Morgan fingerprint density at radius 1 is 1.13 bits per heavy atom. The first kappa shape index (κ1) is 21.4. The molecule has 3 rings (SSSR count). The zero-order valence-corrected chi connectivity index (χ0v) is 16.5. The van der Waals surface area contributed by atoms with Crippen molar-refractivity contribution >= 4 is 40.5 Å². The maximum absolute atomic E-state index is 12.3. The van der Waals surface area contributed by atoms with Crippen LogP contribution in [0.2, 0.25) is 0 Å². The maximum atomic E-state index is 12.3. The zero-order chi connectivity index (χ0) is 22.1. The number of carbonyl (C=O) groups is 1. The molecule has 0 aliphatic heterocycles. The highest BCUT2D eigenvalue weighted by atomic mass is 32.2. The Bertz CT molecular complexity index is 1260. The van der Waals surface area contributed by atoms with Gasteiger partial charge in [0.25, 0.3) is 5.56 Å². The lowest BCUT2D eigenvalue weighted by atomic mass is 10.2. The molecule has 30 heavy (non-hydrogen) atoms. The molecule has 0 bridgehead atoms. The lowest BCUT2D eigenvalue weighted by molar-refractivity contribution is -0.111. The Kier molecular flexibility index (Phi) is 5.83. The highest BCUT2D eigenvalue weighted by Crippen LogP contribution is 2.36. The number of nitrogens with one attached hydrogen (secondary N) is 1. The van der Waals surface area contributed by atoms with Gasteiger partial charge in [0, 0.05) is 25.1 Å². The molecule has 0 saturated carbocycles. The van der Waals surface area contributed by atoms with Gasteiger partial charge in [0.15, 0.2) is 0 Å². The summed E-state index contributed by atoms with van der Waals surface area (Å²) in [7, 11) is 2.83. The van der Waals surface area contributed by atoms with Crippen molar-refractivity contribution < 1.29 is 18.0 Å². The lowest BCUT2D eigenvalue weighted by Gasteiger charge is -2.08. The van der Waals surface area contributed by atoms with Crippen molar-refractivity contribution in [1.29, 1.82) is 0 Å². The number of thioether (sulfide) groups is 1. The molecule has 0 aliphatic rings. The van der Waals surface area contributed by atoms with Crippen LogP contribution in [0.3, 0.4) is 0 Å². The minimum Gasteiger partial charge on any atom is -0.321 e. The summed E-state index contributed by atoms with van der Waals surface area (Å²) in [6, 6.07) is 6.95. The monoisotopic (exact) mass is 436 g/mol. The smallest absolute Gasteiger partial charge is 0.321 e. The molecule has 0 aliphatic carbocycles. The van der Waals surface area contributed by atoms with Crippen LogP contribution in [0.5, 0.6) is 0 Å². The van der Waals surface area contributed by atoms with Crippen LogP contribution < -0.4 is 16.6 Å². The molecule has 0 saturated heterocycles. The Morgan fingerprint density at radius 2 is 1.80 bits per heavy atom. The van der Waals surface area contributed by atoms with E-state index in [9.17, 15) is 27.6 Å². The van der Waals surface area contributed by atoms with Gasteiger partial charge in [-0.25, -0.2) is 9.78 Å². The number of carbonyl (C=O) groups excluding carboxylic acids is 1. The molecule has 156 valence electrons. The molecule has 3 aromatic rings. The van der Waals surface area contributed by atoms with E-state index in [1.165, 1.54) is 67.3 Å². The van der Waals surface area contributed by atoms with Crippen LogP contribution in [-0.4, -0.2) is 25.5 Å². The number of halogens is 3. The molecular formula is C19H15F3N4O3S. The third kappa shape index (κ3) is 4.79. The number of benzene rings is 1. The van der Waals surface area contributed by atoms with E-state index in [-0.39, 0.29) is 33.4 Å². The third-order valence-electron chi connectivity index (χ3n) is 4.10. The second-order valence-corrected chi connectivity index (χ2v) is 7.38. The number of alkyl halides is 3. The summed E-state index contributed by atoms with van der Waals surface area (Å²) >= 11 is -0.218. The van der Waals surface area contributed by atoms with Gasteiger partial charge in [-0.3, -0.25) is 18.7 Å². The van der Waals surface area contributed by atoms with Gasteiger partial charge in [-0.15, -0.1) is 0 Å². The number of pyridine rings is 1. The fraction of sp³-hybridized carbons (Fsp3) is 0.158. The number of anilines is 1. The quantitative estimate of drug-likeness (QED) is 0.502. The number of amides is 1. The predicted octanol–water partition coefficient (Wildman–Crippen LogP) is 2.90. The molecule has 2 heterocycles. The van der Waals surface area contributed by atoms with Crippen molar-refractivity contribution in [3.05, 3.63) is 69.0 Å². The molecule has 11 heteroatoms. The molecular weight excluding hydrogens is 421 g/mol. The fourth-order valence-electron chi connectivity index (χ4n) is 2.67. The van der Waals surface area contributed by atoms with Crippen molar-refractivity contribution in [2.24, 2.45) is 14.1 Å². The molecule has 0 fully saturated rings. The second-order valence-electron chi connectivity index (χ2n) is 6.24. The summed E-state index contributed by atoms with van der Waals surface area (Å²) in [5, 5.41) is 2.72. The van der Waals surface area contributed by atoms with Crippen LogP contribution in [-0.2, 0) is 18.9 Å². The highest BCUT2D eigenvalue weighted by molar-refractivity contribution is 8.00. The van der Waals surface area contributed by atoms with Gasteiger partial charge in [-0.1, -0.05) is 12.1 Å². The average Bonchev–Trinajstić information content (AvgIpc) is 2.69. The van der Waals surface area contributed by atoms with Gasteiger partial charge in [-0.2, -0.15) is 13.2 Å². The first-order chi connectivity index (χ1) is 14.0. The summed E-state index contributed by atoms with van der Waals surface area (Å²) in [6.07, 6.45) is 3.96. The Balaban J connectivity index is 1.75. The molecule has 0 spiro atoms. The van der Waals surface area contributed by atoms with Crippen LogP contribution in [0.4, 0.5) is 18.9 Å². The van der Waals surface area contributed by atoms with Crippen molar-refractivity contribution in [3.63, 3.8) is 0 Å². The average molecular weight is 436 g/mol. The van der Waals surface area contributed by atoms with Gasteiger partial charge in [0.1, 0.15) is 5.65 Å². The van der Waals surface area contributed by atoms with Crippen molar-refractivity contribution in [2.45, 2.75) is 10.4 Å². The van der Waals surface area contributed by atoms with Gasteiger partial charge in [0.2, 0.25) is 5.91 Å². The third-order valence-corrected chi connectivity index (χ3v) is 4.84. The summed E-state index contributed by atoms with van der Waals surface area (Å²) < 4.78 is 39.2. The lowest BCUT2D eigenvalue weighted by Crippen LogP contribution is -2.37. The van der Waals surface area contributed by atoms with Crippen LogP contribution in [0, 0.1) is 0 Å². The second kappa shape index (κ2) is 8.19. The summed E-state index contributed by atoms with van der Waals surface area (Å²) in [5.41, 5.74) is -4.43. The van der Waals surface area contributed by atoms with E-state index in [1.807, 2.05) is 0 Å². The number of aromatic nitrogens is 3. The highest BCUT2D eigenvalue weighted by Gasteiger charge is 2.28. The van der Waals surface area contributed by atoms with Gasteiger partial charge in [-0.05, 0) is 41.6 Å². The molecule has 1 amide bonds. The fourth-order valence-corrected chi connectivity index (χ4v) is 3.21. The number of aryl methyl sites for hydroxylation is 1. The number of nitrogens with zero attached hydrogens (tertiary/aromatic N) is 3. The van der Waals surface area contributed by atoms with E-state index >= 15 is 0 Å². The van der Waals surface area contributed by atoms with Gasteiger partial charge >= 0.3 is 11.2 Å². The van der Waals surface area contributed by atoms with E-state index in [0.29, 0.717) is 5.56 Å². The zero-order valence-electron chi connectivity index (χ0n) is 15.7. The summed E-state index contributed by atoms with van der Waals surface area (Å²) in [4.78, 5) is 40.4. The SMILES string of the molecule is Cn1c(=O)c2cc(NC(=O)/C=C/c3ccc(SC(F)(F)F)cc3)cnc2n(C)c1=O. The van der Waals surface area contributed by atoms with E-state index in [4.69, 9.17) is 0 Å².